The first kappa shape index (κ1) is 73.1. The first-order valence-corrected chi connectivity index (χ1v) is 34.2. The van der Waals surface area contributed by atoms with Crippen molar-refractivity contribution in [2.45, 2.75) is 310 Å². The van der Waals surface area contributed by atoms with Gasteiger partial charge < -0.3 is 117 Å². The van der Waals surface area contributed by atoms with Crippen molar-refractivity contribution in [3.8, 4) is 0 Å². The first-order chi connectivity index (χ1) is 45.2. The van der Waals surface area contributed by atoms with Crippen LogP contribution in [0, 0.1) is 22.7 Å². The van der Waals surface area contributed by atoms with E-state index in [0.29, 0.717) is 38.5 Å². The lowest BCUT2D eigenvalue weighted by Crippen LogP contribution is -2.75. The van der Waals surface area contributed by atoms with Gasteiger partial charge in [0, 0.05) is 76.8 Å². The zero-order valence-electron chi connectivity index (χ0n) is 56.5. The predicted octanol–water partition coefficient (Wildman–Crippen LogP) is 3.17. The molecule has 0 unspecified atom stereocenters. The van der Waals surface area contributed by atoms with E-state index < -0.39 is 206 Å². The number of fused-ring (bicyclic) bond motifs is 5. The molecule has 6 saturated heterocycles. The van der Waals surface area contributed by atoms with Gasteiger partial charge in [0.05, 0.1) is 73.8 Å². The van der Waals surface area contributed by atoms with Crippen LogP contribution in [0.25, 0.3) is 6.08 Å². The number of carbonyl (C=O) groups excluding carboxylic acids is 2. The summed E-state index contributed by atoms with van der Waals surface area (Å²) >= 11 is 0. The van der Waals surface area contributed by atoms with Gasteiger partial charge >= 0.3 is 5.97 Å². The third-order valence-electron chi connectivity index (χ3n) is 23.2. The fourth-order valence-electron chi connectivity index (χ4n) is 17.8. The lowest BCUT2D eigenvalue weighted by atomic mass is 9.43. The number of hydrogen-bond acceptors (Lipinski definition) is 26. The molecular weight excluding hydrogens is 1240 g/mol. The van der Waals surface area contributed by atoms with E-state index in [9.17, 15) is 50.4 Å². The van der Waals surface area contributed by atoms with Gasteiger partial charge in [0.15, 0.2) is 37.7 Å². The maximum absolute atomic E-state index is 13.7. The molecule has 26 nitrogen and oxygen atoms in total. The Morgan fingerprint density at radius 1 is 0.589 bits per heavy atom. The van der Waals surface area contributed by atoms with Crippen molar-refractivity contribution >= 4 is 17.8 Å². The van der Waals surface area contributed by atoms with Crippen LogP contribution in [0.4, 0.5) is 0 Å². The molecule has 33 atom stereocenters. The number of Topliss-reactive ketones (excluding diaryl/α,β-unsaturated/α-hetero) is 1. The summed E-state index contributed by atoms with van der Waals surface area (Å²) in [5.74, 6) is -1.78. The maximum atomic E-state index is 13.7. The smallest absolute Gasteiger partial charge is 0.331 e. The molecular formula is C69H104O26. The predicted molar refractivity (Wildman–Crippen MR) is 332 cm³/mol. The van der Waals surface area contributed by atoms with Gasteiger partial charge in [-0.25, -0.2) is 4.79 Å². The van der Waals surface area contributed by atoms with Gasteiger partial charge in [-0.05, 0) is 104 Å². The Morgan fingerprint density at radius 2 is 1.07 bits per heavy atom. The molecule has 0 radical (unpaired) electrons. The summed E-state index contributed by atoms with van der Waals surface area (Å²) in [6.45, 7) is 13.8. The van der Waals surface area contributed by atoms with Crippen molar-refractivity contribution in [3.05, 3.63) is 53.6 Å². The van der Waals surface area contributed by atoms with E-state index in [1.165, 1.54) is 20.1 Å². The Labute approximate surface area is 555 Å². The van der Waals surface area contributed by atoms with Gasteiger partial charge in [-0.2, -0.15) is 0 Å². The van der Waals surface area contributed by atoms with Gasteiger partial charge in [-0.1, -0.05) is 55.8 Å². The molecule has 11 rings (SSSR count). The topological polar surface area (TPSA) is 344 Å². The molecule has 4 aliphatic carbocycles. The molecule has 8 N–H and O–H groups in total. The second kappa shape index (κ2) is 29.9. The molecule has 6 heterocycles. The van der Waals surface area contributed by atoms with Gasteiger partial charge in [0.2, 0.25) is 0 Å². The van der Waals surface area contributed by atoms with E-state index in [2.05, 4.69) is 13.0 Å². The monoisotopic (exact) mass is 1350 g/mol. The zero-order chi connectivity index (χ0) is 68.2. The Morgan fingerprint density at radius 3 is 1.57 bits per heavy atom. The Hall–Kier alpha value is -3.08. The quantitative estimate of drug-likeness (QED) is 0.0528. The van der Waals surface area contributed by atoms with Crippen LogP contribution >= 0.6 is 0 Å². The summed E-state index contributed by atoms with van der Waals surface area (Å²) in [7, 11) is 4.69. The van der Waals surface area contributed by atoms with Crippen LogP contribution in [0.5, 0.6) is 0 Å². The first-order valence-electron chi connectivity index (χ1n) is 34.2. The van der Waals surface area contributed by atoms with Gasteiger partial charge in [0.1, 0.15) is 78.0 Å². The van der Waals surface area contributed by atoms with E-state index in [0.717, 1.165) is 11.1 Å². The van der Waals surface area contributed by atoms with Crippen molar-refractivity contribution in [1.82, 2.24) is 0 Å². The van der Waals surface area contributed by atoms with Gasteiger partial charge in [0.25, 0.3) is 0 Å². The van der Waals surface area contributed by atoms with E-state index in [-0.39, 0.29) is 50.4 Å². The van der Waals surface area contributed by atoms with Crippen molar-refractivity contribution < 1.29 is 126 Å². The molecule has 0 aromatic heterocycles. The summed E-state index contributed by atoms with van der Waals surface area (Å²) in [5.41, 5.74) is -3.16. The molecule has 0 amide bonds. The molecule has 0 spiro atoms. The third-order valence-corrected chi connectivity index (χ3v) is 23.2. The normalized spacial score (nSPS) is 49.5. The van der Waals surface area contributed by atoms with Gasteiger partial charge in [-0.3, -0.25) is 4.79 Å². The lowest BCUT2D eigenvalue weighted by Gasteiger charge is -2.66. The number of ether oxygens (including phenoxy) is 16. The standard InChI is InChI=1S/C69H104O26/c1-33(71)42-21-24-69(79)67(42,8)50(90-51(74)18-17-39-15-13-12-14-16-39)31-49-66(7)22-20-41(25-40(66)19-23-68(49,69)78)88-54-28-45(80-9)63(36(4)85-54)94-56-29-46(81-10)62(37(5)86-56)93-53-27-44(73)60(34(2)84-53)91-52-26-43(72)61(35(3)83-52)92-55-30-47(82-11)64(38(6)87-55)95-65-59(77)58(76)57(75)48(32-70)89-65/h12-19,34-38,41-50,52-65,70,72-73,75-79H,20-32H2,1-11H3/b18-17+/t34-,35-,36-,37-,38-,41+,42+,43+,44-,45+,46+,47+,48-,49-,50-,52+,53+,54+,55+,56+,57-,58+,59-,60-,61-,62-,63-,64-,65+,66+,67+,68+,69-/m1/s1. The average molecular weight is 1350 g/mol. The third kappa shape index (κ3) is 14.3. The summed E-state index contributed by atoms with van der Waals surface area (Å²) in [5, 5.41) is 89.9. The number of benzene rings is 1. The van der Waals surface area contributed by atoms with Crippen LogP contribution in [-0.2, 0) is 85.4 Å². The lowest BCUT2D eigenvalue weighted by molar-refractivity contribution is -0.358. The molecule has 9 fully saturated rings. The fourth-order valence-corrected chi connectivity index (χ4v) is 17.8. The highest BCUT2D eigenvalue weighted by Gasteiger charge is 2.77. The van der Waals surface area contributed by atoms with Crippen LogP contribution in [0.15, 0.2) is 48.1 Å². The highest BCUT2D eigenvalue weighted by atomic mass is 16.8. The molecule has 10 aliphatic rings. The molecule has 1 aromatic carbocycles. The SMILES string of the molecule is CO[C@H]1C[C@H](O[C@H]2CC[C@@]3(C)C(=CC[C@]4(O)[C@@H]3C[C@@H](OC(=O)/C=C/c3ccccc3)[C@]3(C)[C@H](C(C)=O)CC[C@@]34O)C2)O[C@H](C)[C@H]1O[C@H]1C[C@H](OC)[C@H](O[C@H]2C[C@@H](O)[C@H](O[C@H]3C[C@H](O)[C@H](O[C@H]4C[C@H](OC)[C@H](O[C@@H]5O[C@H](CO)[C@@H](O)[C@H](O)[C@H]5O)[C@@H](C)O4)[C@@H](C)O3)[C@@H](C)O2)[C@@H](C)O1. The van der Waals surface area contributed by atoms with E-state index in [1.807, 2.05) is 51.1 Å². The number of aliphatic hydroxyl groups is 8. The molecule has 95 heavy (non-hydrogen) atoms. The van der Waals surface area contributed by atoms with Crippen LogP contribution in [0.3, 0.4) is 0 Å². The second-order valence-electron chi connectivity index (χ2n) is 28.8. The molecule has 6 aliphatic heterocycles. The second-order valence-corrected chi connectivity index (χ2v) is 28.8. The molecule has 26 heteroatoms. The minimum Gasteiger partial charge on any atom is -0.458 e. The van der Waals surface area contributed by atoms with Gasteiger partial charge in [-0.15, -0.1) is 0 Å². The summed E-state index contributed by atoms with van der Waals surface area (Å²) in [6, 6.07) is 9.42. The Bertz CT molecular complexity index is 2770. The van der Waals surface area contributed by atoms with Crippen molar-refractivity contribution in [1.29, 1.82) is 0 Å². The number of aliphatic hydroxyl groups excluding tert-OH is 6. The van der Waals surface area contributed by atoms with E-state index >= 15 is 0 Å². The number of carbonyl (C=O) groups is 2. The zero-order valence-corrected chi connectivity index (χ0v) is 56.5. The summed E-state index contributed by atoms with van der Waals surface area (Å²) in [6.07, 6.45) is -14.2. The van der Waals surface area contributed by atoms with E-state index in [1.54, 1.807) is 41.1 Å². The number of methoxy groups -OCH3 is 3. The minimum atomic E-state index is -1.71. The van der Waals surface area contributed by atoms with Crippen molar-refractivity contribution in [2.75, 3.05) is 27.9 Å². The highest BCUT2D eigenvalue weighted by Crippen LogP contribution is 2.70. The molecule has 1 aromatic rings. The molecule has 0 bridgehead atoms. The number of hydrogen-bond donors (Lipinski definition) is 8. The van der Waals surface area contributed by atoms with Crippen molar-refractivity contribution in [2.24, 2.45) is 22.7 Å². The minimum absolute atomic E-state index is 0.00298. The molecule has 3 saturated carbocycles. The summed E-state index contributed by atoms with van der Waals surface area (Å²) in [4.78, 5) is 27.0. The van der Waals surface area contributed by atoms with E-state index in [4.69, 9.17) is 75.8 Å². The number of ketones is 1. The fraction of sp³-hybridized carbons (Fsp3) is 0.826. The number of rotatable bonds is 20. The van der Waals surface area contributed by atoms with Crippen LogP contribution in [0.1, 0.15) is 138 Å². The average Bonchev–Trinajstić information content (AvgIpc) is 1.63. The van der Waals surface area contributed by atoms with Crippen LogP contribution < -0.4 is 0 Å². The summed E-state index contributed by atoms with van der Waals surface area (Å²) < 4.78 is 100. The number of esters is 1. The van der Waals surface area contributed by atoms with Crippen LogP contribution in [-0.4, -0.2) is 258 Å². The highest BCUT2D eigenvalue weighted by molar-refractivity contribution is 5.87. The van der Waals surface area contributed by atoms with Crippen LogP contribution in [0.2, 0.25) is 0 Å². The maximum Gasteiger partial charge on any atom is 0.331 e. The Kier molecular flexibility index (Phi) is 23.0. The molecule has 536 valence electrons. The van der Waals surface area contributed by atoms with Crippen molar-refractivity contribution in [3.63, 3.8) is 0 Å². The largest absolute Gasteiger partial charge is 0.458 e. The Balaban J connectivity index is 0.640.